The molecule has 0 aliphatic carbocycles. The first kappa shape index (κ1) is 26.5. The lowest BCUT2D eigenvalue weighted by Gasteiger charge is -2.14. The monoisotopic (exact) mass is 556 g/mol. The molecule has 2 rings (SSSR count). The van der Waals surface area contributed by atoms with Crippen molar-refractivity contribution in [2.24, 2.45) is 4.99 Å². The van der Waals surface area contributed by atoms with Crippen LogP contribution in [0.5, 0.6) is 0 Å². The minimum atomic E-state index is -4.35. The van der Waals surface area contributed by atoms with Crippen LogP contribution in [0.2, 0.25) is 0 Å². The number of thioether (sulfide) groups is 1. The van der Waals surface area contributed by atoms with E-state index in [1.54, 1.807) is 24.2 Å². The summed E-state index contributed by atoms with van der Waals surface area (Å²) in [5, 5.41) is 14.4. The van der Waals surface area contributed by atoms with Crippen LogP contribution >= 0.6 is 35.7 Å². The molecule has 1 aromatic heterocycles. The number of aliphatic imine (C=N–C) groups is 1. The number of guanidine groups is 1. The van der Waals surface area contributed by atoms with Crippen molar-refractivity contribution in [1.82, 2.24) is 25.4 Å². The smallest absolute Gasteiger partial charge is 0.356 e. The lowest BCUT2D eigenvalue weighted by atomic mass is 10.1. The highest BCUT2D eigenvalue weighted by molar-refractivity contribution is 14.0. The Morgan fingerprint density at radius 1 is 1.23 bits per heavy atom. The van der Waals surface area contributed by atoms with E-state index in [4.69, 9.17) is 0 Å². The fourth-order valence-corrected chi connectivity index (χ4v) is 3.08. The Hall–Kier alpha value is -1.50. The Bertz CT molecular complexity index is 782. The van der Waals surface area contributed by atoms with Gasteiger partial charge in [0.25, 0.3) is 0 Å². The molecule has 0 fully saturated rings. The van der Waals surface area contributed by atoms with Crippen LogP contribution in [0.1, 0.15) is 30.3 Å². The van der Waals surface area contributed by atoms with Crippen molar-refractivity contribution in [1.29, 1.82) is 0 Å². The molecule has 11 heteroatoms. The average molecular weight is 556 g/mol. The summed E-state index contributed by atoms with van der Waals surface area (Å²) < 4.78 is 40.6. The zero-order valence-electron chi connectivity index (χ0n) is 17.1. The Morgan fingerprint density at radius 2 is 2.00 bits per heavy atom. The Labute approximate surface area is 196 Å². The molecule has 168 valence electrons. The zero-order valence-corrected chi connectivity index (χ0v) is 20.2. The topological polar surface area (TPSA) is 67.1 Å². The van der Waals surface area contributed by atoms with Crippen LogP contribution in [-0.2, 0) is 25.7 Å². The first-order chi connectivity index (χ1) is 13.9. The second-order valence-electron chi connectivity index (χ2n) is 6.36. The van der Waals surface area contributed by atoms with Crippen molar-refractivity contribution in [2.75, 3.05) is 25.1 Å². The summed E-state index contributed by atoms with van der Waals surface area (Å²) in [5.74, 6) is 2.51. The minimum absolute atomic E-state index is 0. The molecule has 6 nitrogen and oxygen atoms in total. The third kappa shape index (κ3) is 9.11. The fourth-order valence-electron chi connectivity index (χ4n) is 2.65. The maximum Gasteiger partial charge on any atom is 0.416 e. The molecule has 0 unspecified atom stereocenters. The molecule has 0 aliphatic heterocycles. The van der Waals surface area contributed by atoms with Crippen molar-refractivity contribution >= 4 is 41.7 Å². The summed E-state index contributed by atoms with van der Waals surface area (Å²) in [6.45, 7) is 4.19. The summed E-state index contributed by atoms with van der Waals surface area (Å²) in [6.07, 6.45) is 1.14. The van der Waals surface area contributed by atoms with Crippen LogP contribution < -0.4 is 10.6 Å². The van der Waals surface area contributed by atoms with Crippen LogP contribution in [-0.4, -0.2) is 45.8 Å². The normalized spacial score (nSPS) is 11.8. The Balaban J connectivity index is 0.00000450. The highest BCUT2D eigenvalue weighted by atomic mass is 127. The molecular formula is C19H28F3IN6S. The van der Waals surface area contributed by atoms with Crippen molar-refractivity contribution < 1.29 is 13.2 Å². The quantitative estimate of drug-likeness (QED) is 0.201. The number of alkyl halides is 3. The second kappa shape index (κ2) is 13.7. The van der Waals surface area contributed by atoms with E-state index >= 15 is 0 Å². The van der Waals surface area contributed by atoms with Gasteiger partial charge in [0, 0.05) is 26.1 Å². The number of nitrogens with zero attached hydrogens (tertiary/aromatic N) is 4. The first-order valence-corrected chi connectivity index (χ1v) is 10.9. The number of hydrogen-bond acceptors (Lipinski definition) is 4. The van der Waals surface area contributed by atoms with Crippen LogP contribution in [0.4, 0.5) is 13.2 Å². The van der Waals surface area contributed by atoms with E-state index in [0.717, 1.165) is 43.1 Å². The lowest BCUT2D eigenvalue weighted by molar-refractivity contribution is -0.137. The second-order valence-corrected chi connectivity index (χ2v) is 7.34. The van der Waals surface area contributed by atoms with E-state index in [0.29, 0.717) is 24.6 Å². The van der Waals surface area contributed by atoms with Gasteiger partial charge in [0.1, 0.15) is 12.2 Å². The molecule has 2 aromatic rings. The van der Waals surface area contributed by atoms with Crippen LogP contribution in [0.25, 0.3) is 0 Å². The summed E-state index contributed by atoms with van der Waals surface area (Å²) in [5.41, 5.74) is -0.149. The molecule has 0 atom stereocenters. The van der Waals surface area contributed by atoms with Gasteiger partial charge in [-0.2, -0.15) is 24.9 Å². The fraction of sp³-hybridized carbons (Fsp3) is 0.526. The zero-order chi connectivity index (χ0) is 21.1. The SMILES string of the molecule is CCc1nncn1CCNC(=NCc1cccc(C(F)(F)F)c1)NCCCSC.I. The third-order valence-corrected chi connectivity index (χ3v) is 4.85. The maximum absolute atomic E-state index is 12.9. The first-order valence-electron chi connectivity index (χ1n) is 9.48. The molecule has 0 amide bonds. The van der Waals surface area contributed by atoms with E-state index in [-0.39, 0.29) is 30.5 Å². The molecule has 0 saturated carbocycles. The lowest BCUT2D eigenvalue weighted by Crippen LogP contribution is -2.39. The van der Waals surface area contributed by atoms with Crippen molar-refractivity contribution in [3.05, 3.63) is 47.5 Å². The van der Waals surface area contributed by atoms with Gasteiger partial charge >= 0.3 is 6.18 Å². The molecule has 0 aliphatic rings. The van der Waals surface area contributed by atoms with Gasteiger partial charge in [0.2, 0.25) is 0 Å². The van der Waals surface area contributed by atoms with Gasteiger partial charge < -0.3 is 15.2 Å². The predicted octanol–water partition coefficient (Wildman–Crippen LogP) is 3.97. The van der Waals surface area contributed by atoms with Gasteiger partial charge in [0.15, 0.2) is 5.96 Å². The van der Waals surface area contributed by atoms with Gasteiger partial charge in [-0.25, -0.2) is 4.99 Å². The Morgan fingerprint density at radius 3 is 2.70 bits per heavy atom. The molecule has 0 bridgehead atoms. The molecule has 1 aromatic carbocycles. The van der Waals surface area contributed by atoms with E-state index in [1.807, 2.05) is 17.7 Å². The summed E-state index contributed by atoms with van der Waals surface area (Å²) >= 11 is 1.76. The van der Waals surface area contributed by atoms with Gasteiger partial charge in [0.05, 0.1) is 12.1 Å². The Kier molecular flexibility index (Phi) is 12.1. The molecule has 1 heterocycles. The van der Waals surface area contributed by atoms with Crippen molar-refractivity contribution in [2.45, 2.75) is 39.0 Å². The number of rotatable bonds is 10. The number of benzene rings is 1. The van der Waals surface area contributed by atoms with Crippen LogP contribution in [0, 0.1) is 0 Å². The van der Waals surface area contributed by atoms with Gasteiger partial charge in [-0.3, -0.25) is 0 Å². The van der Waals surface area contributed by atoms with E-state index < -0.39 is 11.7 Å². The highest BCUT2D eigenvalue weighted by Gasteiger charge is 2.30. The summed E-state index contributed by atoms with van der Waals surface area (Å²) in [4.78, 5) is 4.46. The number of aryl methyl sites for hydroxylation is 1. The number of aromatic nitrogens is 3. The minimum Gasteiger partial charge on any atom is -0.356 e. The number of halogens is 4. The largest absolute Gasteiger partial charge is 0.416 e. The van der Waals surface area contributed by atoms with Gasteiger partial charge in [-0.15, -0.1) is 34.2 Å². The summed E-state index contributed by atoms with van der Waals surface area (Å²) in [7, 11) is 0. The van der Waals surface area contributed by atoms with Crippen LogP contribution in [0.3, 0.4) is 0 Å². The standard InChI is InChI=1S/C19H27F3N6S.HI/c1-3-17-27-26-14-28(17)10-9-24-18(23-8-5-11-29-2)25-13-15-6-4-7-16(12-15)19(20,21)22;/h4,6-7,12,14H,3,5,8-11,13H2,1-2H3,(H2,23,24,25);1H. The van der Waals surface area contributed by atoms with Gasteiger partial charge in [-0.1, -0.05) is 19.1 Å². The molecule has 0 saturated heterocycles. The number of nitrogens with one attached hydrogen (secondary N) is 2. The van der Waals surface area contributed by atoms with E-state index in [9.17, 15) is 13.2 Å². The third-order valence-electron chi connectivity index (χ3n) is 4.15. The molecule has 0 radical (unpaired) electrons. The van der Waals surface area contributed by atoms with E-state index in [1.165, 1.54) is 6.07 Å². The van der Waals surface area contributed by atoms with Crippen LogP contribution in [0.15, 0.2) is 35.6 Å². The predicted molar refractivity (Wildman–Crippen MR) is 126 cm³/mol. The average Bonchev–Trinajstić information content (AvgIpc) is 3.16. The highest BCUT2D eigenvalue weighted by Crippen LogP contribution is 2.29. The van der Waals surface area contributed by atoms with Gasteiger partial charge in [-0.05, 0) is 36.1 Å². The molecular weight excluding hydrogens is 528 g/mol. The summed E-state index contributed by atoms with van der Waals surface area (Å²) in [6, 6.07) is 5.26. The van der Waals surface area contributed by atoms with Crippen molar-refractivity contribution in [3.8, 4) is 0 Å². The number of hydrogen-bond donors (Lipinski definition) is 2. The molecule has 30 heavy (non-hydrogen) atoms. The molecule has 0 spiro atoms. The molecule has 2 N–H and O–H groups in total. The maximum atomic E-state index is 12.9. The van der Waals surface area contributed by atoms with E-state index in [2.05, 4.69) is 25.8 Å². The van der Waals surface area contributed by atoms with Crippen molar-refractivity contribution in [3.63, 3.8) is 0 Å².